The van der Waals surface area contributed by atoms with E-state index in [2.05, 4.69) is 27.5 Å². The summed E-state index contributed by atoms with van der Waals surface area (Å²) in [6, 6.07) is 16.0. The van der Waals surface area contributed by atoms with Gasteiger partial charge in [0.25, 0.3) is 0 Å². The monoisotopic (exact) mass is 460 g/mol. The molecule has 0 aromatic heterocycles. The summed E-state index contributed by atoms with van der Waals surface area (Å²) in [7, 11) is 1.70. The van der Waals surface area contributed by atoms with E-state index in [9.17, 15) is 13.2 Å². The average molecular weight is 461 g/mol. The van der Waals surface area contributed by atoms with E-state index in [1.807, 2.05) is 50.2 Å². The summed E-state index contributed by atoms with van der Waals surface area (Å²) in [5.41, 5.74) is 1.02. The van der Waals surface area contributed by atoms with Gasteiger partial charge in [0.2, 0.25) is 5.96 Å². The van der Waals surface area contributed by atoms with Crippen LogP contribution in [-0.2, 0) is 6.18 Å². The van der Waals surface area contributed by atoms with Crippen LogP contribution in [0.2, 0.25) is 0 Å². The van der Waals surface area contributed by atoms with E-state index >= 15 is 0 Å². The molecule has 2 aromatic carbocycles. The van der Waals surface area contributed by atoms with Gasteiger partial charge in [0.15, 0.2) is 0 Å². The predicted octanol–water partition coefficient (Wildman–Crippen LogP) is 6.62. The highest BCUT2D eigenvalue weighted by Crippen LogP contribution is 2.40. The molecule has 0 aliphatic carbocycles. The molecule has 33 heavy (non-hydrogen) atoms. The van der Waals surface area contributed by atoms with E-state index < -0.39 is 11.7 Å². The van der Waals surface area contributed by atoms with Crippen LogP contribution in [0.15, 0.2) is 64.6 Å². The fraction of sp³-hybridized carbons (Fsp3) is 0.462. The molecular weight excluding hydrogens is 425 g/mol. The van der Waals surface area contributed by atoms with Crippen LogP contribution in [0.3, 0.4) is 0 Å². The van der Waals surface area contributed by atoms with Gasteiger partial charge in [0, 0.05) is 32.0 Å². The third kappa shape index (κ3) is 8.56. The summed E-state index contributed by atoms with van der Waals surface area (Å²) in [6.07, 6.45) is -0.656. The van der Waals surface area contributed by atoms with Crippen molar-refractivity contribution in [2.75, 3.05) is 25.5 Å². The highest BCUT2D eigenvalue weighted by molar-refractivity contribution is 5.87. The molecule has 2 aromatic rings. The Hall–Kier alpha value is -2.83. The SMILES string of the molecule is C/C=N\C(=NC)NCC(C)CCC1CNc2ccc(C(F)(F)F)cc2C1C.c1ccccc1. The standard InChI is InChI=1S/C20H29F3N4.C6H6/c1-5-25-19(24-4)27-11-13(2)6-7-15-12-26-18-9-8-16(20(21,22)23)10-17(18)14(15)3;1-2-4-6-5-3-1/h5,8-10,13-15,26H,6-7,11-12H2,1-4H3,(H,24,27);1-6H/b25-5-;. The molecule has 3 atom stereocenters. The molecule has 3 rings (SSSR count). The highest BCUT2D eigenvalue weighted by atomic mass is 19.4. The van der Waals surface area contributed by atoms with Crippen molar-refractivity contribution in [1.82, 2.24) is 5.32 Å². The lowest BCUT2D eigenvalue weighted by atomic mass is 9.79. The van der Waals surface area contributed by atoms with Gasteiger partial charge in [-0.1, -0.05) is 50.2 Å². The van der Waals surface area contributed by atoms with Crippen molar-refractivity contribution in [2.24, 2.45) is 21.8 Å². The molecule has 1 aliphatic heterocycles. The molecule has 0 bridgehead atoms. The topological polar surface area (TPSA) is 48.8 Å². The summed E-state index contributed by atoms with van der Waals surface area (Å²) in [4.78, 5) is 8.21. The van der Waals surface area contributed by atoms with E-state index in [1.165, 1.54) is 6.07 Å². The molecule has 0 amide bonds. The molecule has 0 fully saturated rings. The van der Waals surface area contributed by atoms with Crippen molar-refractivity contribution in [3.8, 4) is 0 Å². The molecule has 0 spiro atoms. The van der Waals surface area contributed by atoms with Crippen LogP contribution in [0, 0.1) is 11.8 Å². The Morgan fingerprint density at radius 3 is 2.36 bits per heavy atom. The van der Waals surface area contributed by atoms with Gasteiger partial charge in [0.05, 0.1) is 5.56 Å². The minimum absolute atomic E-state index is 0.0983. The van der Waals surface area contributed by atoms with Crippen molar-refractivity contribution in [1.29, 1.82) is 0 Å². The van der Waals surface area contributed by atoms with Gasteiger partial charge in [-0.2, -0.15) is 13.2 Å². The second kappa shape index (κ2) is 13.0. The first kappa shape index (κ1) is 26.4. The van der Waals surface area contributed by atoms with Gasteiger partial charge in [-0.3, -0.25) is 4.99 Å². The van der Waals surface area contributed by atoms with Gasteiger partial charge in [-0.15, -0.1) is 0 Å². The number of nitrogens with one attached hydrogen (secondary N) is 2. The van der Waals surface area contributed by atoms with E-state index in [1.54, 1.807) is 19.3 Å². The number of guanidine groups is 1. The fourth-order valence-electron chi connectivity index (χ4n) is 3.86. The Kier molecular flexibility index (Phi) is 10.4. The number of halogens is 3. The molecule has 1 heterocycles. The van der Waals surface area contributed by atoms with Crippen LogP contribution < -0.4 is 10.6 Å². The first-order valence-electron chi connectivity index (χ1n) is 11.4. The third-order valence-corrected chi connectivity index (χ3v) is 5.90. The van der Waals surface area contributed by atoms with Crippen LogP contribution in [0.5, 0.6) is 0 Å². The summed E-state index contributed by atoms with van der Waals surface area (Å²) in [5, 5.41) is 6.52. The number of fused-ring (bicyclic) bond motifs is 1. The van der Waals surface area contributed by atoms with Gasteiger partial charge in [-0.25, -0.2) is 4.99 Å². The molecule has 180 valence electrons. The van der Waals surface area contributed by atoms with Gasteiger partial charge < -0.3 is 10.6 Å². The molecule has 4 nitrogen and oxygen atoms in total. The van der Waals surface area contributed by atoms with Gasteiger partial charge in [0.1, 0.15) is 0 Å². The van der Waals surface area contributed by atoms with E-state index in [4.69, 9.17) is 0 Å². The minimum atomic E-state index is -4.30. The lowest BCUT2D eigenvalue weighted by molar-refractivity contribution is -0.137. The van der Waals surface area contributed by atoms with E-state index in [-0.39, 0.29) is 5.92 Å². The van der Waals surface area contributed by atoms with Gasteiger partial charge in [-0.05, 0) is 61.3 Å². The Morgan fingerprint density at radius 2 is 1.82 bits per heavy atom. The molecular formula is C26H35F3N4. The predicted molar refractivity (Wildman–Crippen MR) is 132 cm³/mol. The molecule has 2 N–H and O–H groups in total. The smallest absolute Gasteiger partial charge is 0.385 e. The lowest BCUT2D eigenvalue weighted by Crippen LogP contribution is -2.29. The van der Waals surface area contributed by atoms with E-state index in [0.717, 1.165) is 43.2 Å². The van der Waals surface area contributed by atoms with Crippen LogP contribution in [0.4, 0.5) is 18.9 Å². The van der Waals surface area contributed by atoms with Gasteiger partial charge >= 0.3 is 6.18 Å². The first-order valence-corrected chi connectivity index (χ1v) is 11.4. The number of benzene rings is 2. The van der Waals surface area contributed by atoms with Crippen LogP contribution in [0.1, 0.15) is 50.7 Å². The second-order valence-electron chi connectivity index (χ2n) is 8.38. The number of hydrogen-bond donors (Lipinski definition) is 2. The number of nitrogens with zero attached hydrogens (tertiary/aromatic N) is 2. The van der Waals surface area contributed by atoms with Crippen molar-refractivity contribution >= 4 is 17.9 Å². The van der Waals surface area contributed by atoms with Crippen molar-refractivity contribution < 1.29 is 13.2 Å². The van der Waals surface area contributed by atoms with Crippen LogP contribution in [0.25, 0.3) is 0 Å². The Labute approximate surface area is 195 Å². The number of rotatable bonds is 5. The largest absolute Gasteiger partial charge is 0.416 e. The summed E-state index contributed by atoms with van der Waals surface area (Å²) >= 11 is 0. The molecule has 7 heteroatoms. The highest BCUT2D eigenvalue weighted by Gasteiger charge is 2.33. The van der Waals surface area contributed by atoms with Crippen molar-refractivity contribution in [3.05, 3.63) is 65.7 Å². The Balaban J connectivity index is 0.000000554. The zero-order valence-electron chi connectivity index (χ0n) is 19.9. The first-order chi connectivity index (χ1) is 15.8. The van der Waals surface area contributed by atoms with Crippen LogP contribution in [-0.4, -0.2) is 32.3 Å². The number of hydrogen-bond acceptors (Lipinski definition) is 2. The maximum Gasteiger partial charge on any atom is 0.416 e. The van der Waals surface area contributed by atoms with E-state index in [0.29, 0.717) is 17.8 Å². The molecule has 0 radical (unpaired) electrons. The number of aliphatic imine (C=N–C) groups is 2. The zero-order chi connectivity index (χ0) is 24.3. The Bertz CT molecular complexity index is 867. The number of anilines is 1. The summed E-state index contributed by atoms with van der Waals surface area (Å²) in [5.74, 6) is 1.45. The second-order valence-corrected chi connectivity index (χ2v) is 8.38. The summed E-state index contributed by atoms with van der Waals surface area (Å²) in [6.45, 7) is 7.60. The number of alkyl halides is 3. The normalized spacial score (nSPS) is 19.2. The molecule has 1 aliphatic rings. The third-order valence-electron chi connectivity index (χ3n) is 5.90. The average Bonchev–Trinajstić information content (AvgIpc) is 2.82. The van der Waals surface area contributed by atoms with Crippen molar-refractivity contribution in [3.63, 3.8) is 0 Å². The minimum Gasteiger partial charge on any atom is -0.385 e. The molecule has 0 saturated heterocycles. The maximum atomic E-state index is 13.0. The maximum absolute atomic E-state index is 13.0. The summed E-state index contributed by atoms with van der Waals surface area (Å²) < 4.78 is 39.1. The van der Waals surface area contributed by atoms with Crippen LogP contribution >= 0.6 is 0 Å². The quantitative estimate of drug-likeness (QED) is 0.389. The van der Waals surface area contributed by atoms with Crippen molar-refractivity contribution in [2.45, 2.75) is 45.7 Å². The lowest BCUT2D eigenvalue weighted by Gasteiger charge is -2.33. The Morgan fingerprint density at radius 1 is 1.18 bits per heavy atom. The molecule has 0 saturated carbocycles. The molecule has 3 unspecified atom stereocenters. The fourth-order valence-corrected chi connectivity index (χ4v) is 3.86. The zero-order valence-corrected chi connectivity index (χ0v) is 19.9.